The van der Waals surface area contributed by atoms with Gasteiger partial charge < -0.3 is 36.2 Å². The molecule has 0 aromatic carbocycles. The summed E-state index contributed by atoms with van der Waals surface area (Å²) in [6.07, 6.45) is 6.88. The highest BCUT2D eigenvalue weighted by Crippen LogP contribution is 2.65. The van der Waals surface area contributed by atoms with E-state index < -0.39 is 64.7 Å². The van der Waals surface area contributed by atoms with Crippen molar-refractivity contribution in [2.75, 3.05) is 26.2 Å². The molecule has 3 unspecified atom stereocenters. The maximum Gasteiger partial charge on any atom is 0.407 e. The molecule has 13 heteroatoms. The number of hydrogen-bond donors (Lipinski definition) is 5. The fraction of sp³-hybridized carbons (Fsp3) is 0.784. The van der Waals surface area contributed by atoms with Crippen LogP contribution >= 0.6 is 0 Å². The van der Waals surface area contributed by atoms with E-state index in [4.69, 9.17) is 4.74 Å². The lowest BCUT2D eigenvalue weighted by Gasteiger charge is -2.43. The molecule has 0 radical (unpaired) electrons. The number of hydrogen-bond acceptors (Lipinski definition) is 7. The third-order valence-electron chi connectivity index (χ3n) is 11.1. The Morgan fingerprint density at radius 3 is 2.20 bits per heavy atom. The lowest BCUT2D eigenvalue weighted by Crippen LogP contribution is -2.63. The summed E-state index contributed by atoms with van der Waals surface area (Å²) in [6, 6.07) is -3.93. The Labute approximate surface area is 298 Å². The van der Waals surface area contributed by atoms with Gasteiger partial charge in [0.2, 0.25) is 17.6 Å². The van der Waals surface area contributed by atoms with Gasteiger partial charge in [-0.25, -0.2) is 9.59 Å². The number of urea groups is 1. The second-order valence-corrected chi connectivity index (χ2v) is 16.3. The summed E-state index contributed by atoms with van der Waals surface area (Å²) in [7, 11) is 0. The highest BCUT2D eigenvalue weighted by molar-refractivity contribution is 6.38. The summed E-state index contributed by atoms with van der Waals surface area (Å²) in [4.78, 5) is 82.1. The zero-order chi connectivity index (χ0) is 37.4. The predicted octanol–water partition coefficient (Wildman–Crippen LogP) is 3.81. The van der Waals surface area contributed by atoms with Crippen LogP contribution in [0.25, 0.3) is 0 Å². The fourth-order valence-electron chi connectivity index (χ4n) is 7.70. The van der Waals surface area contributed by atoms with Crippen LogP contribution in [0.2, 0.25) is 0 Å². The Morgan fingerprint density at radius 2 is 1.62 bits per heavy atom. The first kappa shape index (κ1) is 40.8. The minimum Gasteiger partial charge on any atom is -0.447 e. The maximum absolute atomic E-state index is 14.8. The molecule has 0 bridgehead atoms. The van der Waals surface area contributed by atoms with Crippen LogP contribution in [0.15, 0.2) is 12.7 Å². The first-order valence-corrected chi connectivity index (χ1v) is 18.4. The number of amides is 6. The van der Waals surface area contributed by atoms with Crippen LogP contribution in [0.4, 0.5) is 9.59 Å². The lowest BCUT2D eigenvalue weighted by molar-refractivity contribution is -0.146. The van der Waals surface area contributed by atoms with E-state index in [9.17, 15) is 28.8 Å². The maximum atomic E-state index is 14.8. The van der Waals surface area contributed by atoms with Gasteiger partial charge in [0.15, 0.2) is 0 Å². The molecule has 6 amide bonds. The molecule has 1 heterocycles. The van der Waals surface area contributed by atoms with Crippen molar-refractivity contribution in [1.82, 2.24) is 31.5 Å². The Morgan fingerprint density at radius 1 is 0.960 bits per heavy atom. The number of unbranched alkanes of at least 4 members (excludes halogenated alkanes) is 1. The van der Waals surface area contributed by atoms with Crippen LogP contribution in [0.1, 0.15) is 107 Å². The van der Waals surface area contributed by atoms with E-state index in [-0.39, 0.29) is 36.3 Å². The zero-order valence-corrected chi connectivity index (χ0v) is 31.5. The first-order chi connectivity index (χ1) is 23.4. The van der Waals surface area contributed by atoms with Crippen molar-refractivity contribution in [1.29, 1.82) is 0 Å². The average molecular weight is 703 g/mol. The Kier molecular flexibility index (Phi) is 13.9. The second kappa shape index (κ2) is 17.0. The van der Waals surface area contributed by atoms with Crippen molar-refractivity contribution >= 4 is 35.6 Å². The third kappa shape index (κ3) is 9.78. The SMILES string of the molecule is C=CCNC(=O)C(=O)C(CCCC)NC(=O)[C@@H]1C2C(CN1C(=O)[C@@H](NC(=O)N[C@H](COC(=O)NCC)C(C)(C)C)C1(C)CCCCC1)C2(C)C. The molecule has 2 aliphatic carbocycles. The highest BCUT2D eigenvalue weighted by Gasteiger charge is 2.70. The molecular weight excluding hydrogens is 640 g/mol. The van der Waals surface area contributed by atoms with Crippen molar-refractivity contribution < 1.29 is 33.5 Å². The van der Waals surface area contributed by atoms with Gasteiger partial charge >= 0.3 is 12.1 Å². The van der Waals surface area contributed by atoms with Gasteiger partial charge in [0.05, 0.1) is 12.1 Å². The van der Waals surface area contributed by atoms with Gasteiger partial charge in [0.25, 0.3) is 5.91 Å². The van der Waals surface area contributed by atoms with Gasteiger partial charge in [0, 0.05) is 19.6 Å². The van der Waals surface area contributed by atoms with Gasteiger partial charge in [0.1, 0.15) is 18.7 Å². The van der Waals surface area contributed by atoms with Crippen molar-refractivity contribution in [3.8, 4) is 0 Å². The highest BCUT2D eigenvalue weighted by atomic mass is 16.5. The number of rotatable bonds is 16. The molecule has 1 saturated heterocycles. The number of ether oxygens (including phenoxy) is 1. The van der Waals surface area contributed by atoms with Crippen molar-refractivity contribution in [3.63, 3.8) is 0 Å². The number of nitrogens with zero attached hydrogens (tertiary/aromatic N) is 1. The predicted molar refractivity (Wildman–Crippen MR) is 191 cm³/mol. The van der Waals surface area contributed by atoms with Crippen LogP contribution in [0, 0.1) is 28.1 Å². The number of fused-ring (bicyclic) bond motifs is 1. The topological polar surface area (TPSA) is 175 Å². The molecule has 3 aliphatic rings. The number of alkyl carbamates (subject to hydrolysis) is 1. The second-order valence-electron chi connectivity index (χ2n) is 16.3. The number of likely N-dealkylation sites (tertiary alicyclic amines) is 1. The molecule has 3 fully saturated rings. The van der Waals surface area contributed by atoms with Crippen LogP contribution in [0.3, 0.4) is 0 Å². The number of carbonyl (C=O) groups is 6. The quantitative estimate of drug-likeness (QED) is 0.120. The van der Waals surface area contributed by atoms with Gasteiger partial charge in [-0.05, 0) is 54.3 Å². The summed E-state index contributed by atoms with van der Waals surface area (Å²) >= 11 is 0. The van der Waals surface area contributed by atoms with Gasteiger partial charge in [-0.15, -0.1) is 6.58 Å². The molecule has 1 aliphatic heterocycles. The van der Waals surface area contributed by atoms with E-state index >= 15 is 0 Å². The van der Waals surface area contributed by atoms with Crippen LogP contribution in [0.5, 0.6) is 0 Å². The van der Waals surface area contributed by atoms with Crippen molar-refractivity contribution in [2.24, 2.45) is 28.1 Å². The lowest BCUT2D eigenvalue weighted by atomic mass is 9.70. The molecular formula is C37H62N6O7. The van der Waals surface area contributed by atoms with Crippen molar-refractivity contribution in [3.05, 3.63) is 12.7 Å². The largest absolute Gasteiger partial charge is 0.447 e. The van der Waals surface area contributed by atoms with E-state index in [0.717, 1.165) is 38.5 Å². The zero-order valence-electron chi connectivity index (χ0n) is 31.5. The minimum atomic E-state index is -1.03. The molecule has 0 spiro atoms. The summed E-state index contributed by atoms with van der Waals surface area (Å²) in [5, 5.41) is 13.9. The Bertz CT molecular complexity index is 1270. The Hall–Kier alpha value is -3.64. The van der Waals surface area contributed by atoms with Gasteiger partial charge in [-0.1, -0.05) is 86.6 Å². The summed E-state index contributed by atoms with van der Waals surface area (Å²) < 4.78 is 5.36. The monoisotopic (exact) mass is 702 g/mol. The molecule has 0 aromatic heterocycles. The van der Waals surface area contributed by atoms with Crippen LogP contribution in [-0.2, 0) is 23.9 Å². The van der Waals surface area contributed by atoms with Crippen molar-refractivity contribution in [2.45, 2.75) is 131 Å². The normalized spacial score (nSPS) is 23.6. The number of Topliss-reactive ketones (excluding diaryl/α,β-unsaturated/α-hetero) is 1. The molecule has 2 saturated carbocycles. The average Bonchev–Trinajstić information content (AvgIpc) is 3.36. The van der Waals surface area contributed by atoms with Crippen LogP contribution < -0.4 is 26.6 Å². The van der Waals surface area contributed by atoms with E-state index in [1.807, 2.05) is 34.6 Å². The fourth-order valence-corrected chi connectivity index (χ4v) is 7.70. The molecule has 0 aromatic rings. The van der Waals surface area contributed by atoms with Gasteiger partial charge in [-0.3, -0.25) is 19.2 Å². The van der Waals surface area contributed by atoms with E-state index in [1.54, 1.807) is 11.8 Å². The first-order valence-electron chi connectivity index (χ1n) is 18.4. The molecule has 5 N–H and O–H groups in total. The Balaban J connectivity index is 1.88. The molecule has 50 heavy (non-hydrogen) atoms. The standard InChI is InChI=1S/C37H62N6O7/c1-10-13-17-24(28(44)31(46)39-20-11-2)40-30(45)27-26-23(36(26,7)8)21-43(27)32(47)29(37(9)18-15-14-16-19-37)42-33(48)41-25(35(4,5)6)22-50-34(49)38-12-3/h11,23-27,29H,2,10,12-22H2,1,3-9H3,(H,38,49)(H,39,46)(H,40,45)(H2,41,42,48)/t23?,24?,25-,26?,27+,29-/m1/s1. The molecule has 6 atom stereocenters. The van der Waals surface area contributed by atoms with Gasteiger partial charge in [-0.2, -0.15) is 0 Å². The van der Waals surface area contributed by atoms with E-state index in [0.29, 0.717) is 25.9 Å². The molecule has 282 valence electrons. The minimum absolute atomic E-state index is 0.0605. The molecule has 13 nitrogen and oxygen atoms in total. The summed E-state index contributed by atoms with van der Waals surface area (Å²) in [6.45, 7) is 20.1. The number of nitrogens with one attached hydrogen (secondary N) is 5. The summed E-state index contributed by atoms with van der Waals surface area (Å²) in [5.74, 6) is -2.37. The number of ketones is 1. The third-order valence-corrected chi connectivity index (χ3v) is 11.1. The van der Waals surface area contributed by atoms with Crippen LogP contribution in [-0.4, -0.2) is 90.9 Å². The summed E-state index contributed by atoms with van der Waals surface area (Å²) in [5.41, 5.74) is -1.23. The smallest absolute Gasteiger partial charge is 0.407 e. The van der Waals surface area contributed by atoms with E-state index in [1.165, 1.54) is 6.08 Å². The number of piperidine rings is 1. The van der Waals surface area contributed by atoms with E-state index in [2.05, 4.69) is 47.0 Å². The molecule has 3 rings (SSSR count). The number of carbonyl (C=O) groups excluding carboxylic acids is 6.